The summed E-state index contributed by atoms with van der Waals surface area (Å²) >= 11 is 0. The van der Waals surface area contributed by atoms with Crippen LogP contribution in [0.5, 0.6) is 0 Å². The van der Waals surface area contributed by atoms with Gasteiger partial charge in [-0.3, -0.25) is 4.79 Å². The summed E-state index contributed by atoms with van der Waals surface area (Å²) < 4.78 is 18.7. The summed E-state index contributed by atoms with van der Waals surface area (Å²) in [5, 5.41) is 6.70. The zero-order chi connectivity index (χ0) is 18.6. The second kappa shape index (κ2) is 7.71. The van der Waals surface area contributed by atoms with Crippen LogP contribution in [0.4, 0.5) is 15.9 Å². The van der Waals surface area contributed by atoms with Gasteiger partial charge in [0.05, 0.1) is 30.8 Å². The number of morpholine rings is 1. The summed E-state index contributed by atoms with van der Waals surface area (Å²) in [7, 11) is 0. The van der Waals surface area contributed by atoms with Gasteiger partial charge in [0.25, 0.3) is 5.91 Å². The van der Waals surface area contributed by atoms with Gasteiger partial charge in [0.15, 0.2) is 0 Å². The first-order chi connectivity index (χ1) is 13.2. The lowest BCUT2D eigenvalue weighted by Gasteiger charge is -2.27. The average molecular weight is 370 g/mol. The van der Waals surface area contributed by atoms with Crippen LogP contribution < -0.4 is 10.2 Å². The average Bonchev–Trinajstić information content (AvgIpc) is 3.20. The van der Waals surface area contributed by atoms with E-state index in [0.717, 1.165) is 18.9 Å². The Labute approximate surface area is 155 Å². The van der Waals surface area contributed by atoms with Crippen LogP contribution in [0.15, 0.2) is 47.8 Å². The van der Waals surface area contributed by atoms with Crippen molar-refractivity contribution in [2.45, 2.75) is 12.5 Å². The summed E-state index contributed by atoms with van der Waals surface area (Å²) in [5.74, 6) is 0.186. The molecule has 0 radical (unpaired) electrons. The van der Waals surface area contributed by atoms with Crippen molar-refractivity contribution < 1.29 is 18.8 Å². The van der Waals surface area contributed by atoms with E-state index in [1.165, 1.54) is 12.1 Å². The van der Waals surface area contributed by atoms with E-state index in [1.54, 1.807) is 24.4 Å². The highest BCUT2D eigenvalue weighted by atomic mass is 19.1. The molecule has 1 aromatic heterocycles. The number of halogens is 1. The van der Waals surface area contributed by atoms with Gasteiger partial charge in [0.1, 0.15) is 11.6 Å². The number of hydrogen-bond donors (Lipinski definition) is 1. The number of nitrogens with one attached hydrogen (secondary N) is 1. The van der Waals surface area contributed by atoms with Crippen LogP contribution in [0.1, 0.15) is 12.0 Å². The minimum Gasteiger partial charge on any atom is -0.382 e. The number of carbonyl (C=O) groups is 1. The van der Waals surface area contributed by atoms with E-state index in [1.807, 2.05) is 6.07 Å². The molecule has 4 rings (SSSR count). The number of amides is 1. The van der Waals surface area contributed by atoms with Crippen LogP contribution in [0.25, 0.3) is 0 Å². The Hall–Kier alpha value is -3.00. The first-order valence-corrected chi connectivity index (χ1v) is 8.77. The van der Waals surface area contributed by atoms with E-state index >= 15 is 0 Å². The van der Waals surface area contributed by atoms with Gasteiger partial charge in [-0.2, -0.15) is 0 Å². The molecule has 1 N–H and O–H groups in total. The number of oxime groups is 1. The highest BCUT2D eigenvalue weighted by Crippen LogP contribution is 2.20. The largest absolute Gasteiger partial charge is 0.382 e. The lowest BCUT2D eigenvalue weighted by Crippen LogP contribution is -2.36. The van der Waals surface area contributed by atoms with Gasteiger partial charge >= 0.3 is 0 Å². The van der Waals surface area contributed by atoms with Gasteiger partial charge < -0.3 is 19.8 Å². The molecule has 140 valence electrons. The van der Waals surface area contributed by atoms with Crippen LogP contribution in [0, 0.1) is 5.82 Å². The standard InChI is InChI=1S/C19H19FN4O3/c20-14-3-1-2-13(10-14)16-11-17(27-23-16)19(25)22-15-4-5-18(21-12-15)24-6-8-26-9-7-24/h1-5,10,12,17H,6-9,11H2,(H,22,25). The van der Waals surface area contributed by atoms with Crippen LogP contribution >= 0.6 is 0 Å². The van der Waals surface area contributed by atoms with Crippen molar-refractivity contribution in [3.8, 4) is 0 Å². The molecule has 1 aromatic carbocycles. The minimum atomic E-state index is -0.748. The van der Waals surface area contributed by atoms with Crippen molar-refractivity contribution in [2.75, 3.05) is 36.5 Å². The Bertz CT molecular complexity index is 850. The predicted molar refractivity (Wildman–Crippen MR) is 98.3 cm³/mol. The molecule has 0 bridgehead atoms. The minimum absolute atomic E-state index is 0.286. The molecule has 2 aliphatic heterocycles. The van der Waals surface area contributed by atoms with E-state index in [4.69, 9.17) is 9.57 Å². The van der Waals surface area contributed by atoms with Crippen molar-refractivity contribution in [1.29, 1.82) is 0 Å². The fraction of sp³-hybridized carbons (Fsp3) is 0.316. The Morgan fingerprint density at radius 1 is 1.22 bits per heavy atom. The number of anilines is 2. The number of ether oxygens (including phenoxy) is 1. The van der Waals surface area contributed by atoms with Gasteiger partial charge in [-0.15, -0.1) is 0 Å². The monoisotopic (exact) mass is 370 g/mol. The molecule has 7 nitrogen and oxygen atoms in total. The Morgan fingerprint density at radius 2 is 2.07 bits per heavy atom. The number of pyridine rings is 1. The van der Waals surface area contributed by atoms with E-state index in [-0.39, 0.29) is 18.1 Å². The van der Waals surface area contributed by atoms with Gasteiger partial charge in [0.2, 0.25) is 6.10 Å². The maximum atomic E-state index is 13.3. The van der Waals surface area contributed by atoms with Crippen molar-refractivity contribution in [1.82, 2.24) is 4.98 Å². The Morgan fingerprint density at radius 3 is 2.81 bits per heavy atom. The number of carbonyl (C=O) groups excluding carboxylic acids is 1. The fourth-order valence-corrected chi connectivity index (χ4v) is 3.02. The molecule has 2 aromatic rings. The molecule has 1 amide bonds. The van der Waals surface area contributed by atoms with E-state index in [0.29, 0.717) is 30.2 Å². The van der Waals surface area contributed by atoms with Crippen LogP contribution in [0.3, 0.4) is 0 Å². The van der Waals surface area contributed by atoms with Crippen molar-refractivity contribution in [3.63, 3.8) is 0 Å². The van der Waals surface area contributed by atoms with Gasteiger partial charge in [-0.1, -0.05) is 17.3 Å². The Balaban J connectivity index is 1.34. The SMILES string of the molecule is O=C(Nc1ccc(N2CCOCC2)nc1)C1CC(c2cccc(F)c2)=NO1. The lowest BCUT2D eigenvalue weighted by atomic mass is 10.0. The van der Waals surface area contributed by atoms with Crippen LogP contribution in [0.2, 0.25) is 0 Å². The zero-order valence-electron chi connectivity index (χ0n) is 14.6. The third-order valence-corrected chi connectivity index (χ3v) is 4.47. The number of benzene rings is 1. The highest BCUT2D eigenvalue weighted by molar-refractivity contribution is 6.06. The second-order valence-corrected chi connectivity index (χ2v) is 6.34. The normalized spacial score (nSPS) is 19.4. The smallest absolute Gasteiger partial charge is 0.268 e. The highest BCUT2D eigenvalue weighted by Gasteiger charge is 2.29. The Kier molecular flexibility index (Phi) is 4.97. The van der Waals surface area contributed by atoms with Crippen LogP contribution in [-0.4, -0.2) is 49.0 Å². The summed E-state index contributed by atoms with van der Waals surface area (Å²) in [6.07, 6.45) is 1.16. The van der Waals surface area contributed by atoms with Crippen LogP contribution in [-0.2, 0) is 14.4 Å². The third kappa shape index (κ3) is 4.06. The molecule has 8 heteroatoms. The summed E-state index contributed by atoms with van der Waals surface area (Å²) in [6, 6.07) is 9.74. The summed E-state index contributed by atoms with van der Waals surface area (Å²) in [4.78, 5) is 24.2. The lowest BCUT2D eigenvalue weighted by molar-refractivity contribution is -0.125. The zero-order valence-corrected chi connectivity index (χ0v) is 14.6. The van der Waals surface area contributed by atoms with Crippen molar-refractivity contribution in [3.05, 3.63) is 54.0 Å². The quantitative estimate of drug-likeness (QED) is 0.893. The first-order valence-electron chi connectivity index (χ1n) is 8.77. The second-order valence-electron chi connectivity index (χ2n) is 6.34. The number of aromatic nitrogens is 1. The number of rotatable bonds is 4. The molecular formula is C19H19FN4O3. The maximum absolute atomic E-state index is 13.3. The molecule has 0 spiro atoms. The topological polar surface area (TPSA) is 76.1 Å². The van der Waals surface area contributed by atoms with Gasteiger partial charge in [0, 0.05) is 25.1 Å². The third-order valence-electron chi connectivity index (χ3n) is 4.47. The predicted octanol–water partition coefficient (Wildman–Crippen LogP) is 2.19. The summed E-state index contributed by atoms with van der Waals surface area (Å²) in [6.45, 7) is 2.98. The molecule has 1 unspecified atom stereocenters. The number of nitrogens with zero attached hydrogens (tertiary/aromatic N) is 3. The molecule has 27 heavy (non-hydrogen) atoms. The van der Waals surface area contributed by atoms with Gasteiger partial charge in [-0.05, 0) is 24.3 Å². The van der Waals surface area contributed by atoms with Crippen molar-refractivity contribution in [2.24, 2.45) is 5.16 Å². The van der Waals surface area contributed by atoms with E-state index in [9.17, 15) is 9.18 Å². The molecule has 1 atom stereocenters. The molecule has 1 saturated heterocycles. The molecule has 1 fully saturated rings. The summed E-state index contributed by atoms with van der Waals surface area (Å²) in [5.41, 5.74) is 1.75. The van der Waals surface area contributed by atoms with E-state index < -0.39 is 6.10 Å². The van der Waals surface area contributed by atoms with Crippen molar-refractivity contribution >= 4 is 23.1 Å². The number of hydrogen-bond acceptors (Lipinski definition) is 6. The maximum Gasteiger partial charge on any atom is 0.268 e. The van der Waals surface area contributed by atoms with E-state index in [2.05, 4.69) is 20.4 Å². The first kappa shape index (κ1) is 17.4. The van der Waals surface area contributed by atoms with Gasteiger partial charge in [-0.25, -0.2) is 9.37 Å². The molecule has 0 aliphatic carbocycles. The molecule has 0 saturated carbocycles. The molecular weight excluding hydrogens is 351 g/mol. The fourth-order valence-electron chi connectivity index (χ4n) is 3.02. The molecule has 3 heterocycles. The molecule has 2 aliphatic rings.